The number of amidine groups is 1. The van der Waals surface area contributed by atoms with E-state index in [-0.39, 0.29) is 5.92 Å². The van der Waals surface area contributed by atoms with Crippen molar-refractivity contribution in [3.63, 3.8) is 0 Å². The summed E-state index contributed by atoms with van der Waals surface area (Å²) in [6, 6.07) is 40.3. The SMILES string of the molecule is C=C/C=C(/N=C(\N=C(/C)C1CC=C(C2C(C3C(C)=CC=CC=C3c3ccccc3)=CC=CC2C)CC1)c1ccccc1)c1ccc(-c2ccccc2)cc1. The highest BCUT2D eigenvalue weighted by Crippen LogP contribution is 2.47. The van der Waals surface area contributed by atoms with Crippen LogP contribution in [-0.2, 0) is 0 Å². The van der Waals surface area contributed by atoms with Gasteiger partial charge in [0.05, 0.1) is 5.70 Å². The molecule has 3 aliphatic carbocycles. The number of aliphatic imine (C=N–C) groups is 2. The van der Waals surface area contributed by atoms with Gasteiger partial charge in [0.1, 0.15) is 0 Å². The maximum absolute atomic E-state index is 5.31. The molecule has 4 aromatic carbocycles. The normalized spacial score (nSPS) is 22.1. The lowest BCUT2D eigenvalue weighted by Crippen LogP contribution is -2.27. The molecule has 0 radical (unpaired) electrons. The molecule has 268 valence electrons. The van der Waals surface area contributed by atoms with Crippen LogP contribution in [0.1, 0.15) is 56.7 Å². The van der Waals surface area contributed by atoms with Crippen molar-refractivity contribution in [1.82, 2.24) is 0 Å². The summed E-state index contributed by atoms with van der Waals surface area (Å²) >= 11 is 0. The molecule has 0 fully saturated rings. The molecule has 0 amide bonds. The Morgan fingerprint density at radius 2 is 1.35 bits per heavy atom. The predicted molar refractivity (Wildman–Crippen MR) is 232 cm³/mol. The Kier molecular flexibility index (Phi) is 11.7. The number of rotatable bonds is 9. The monoisotopic (exact) mass is 702 g/mol. The maximum atomic E-state index is 5.31. The van der Waals surface area contributed by atoms with Crippen LogP contribution in [0, 0.1) is 23.7 Å². The summed E-state index contributed by atoms with van der Waals surface area (Å²) in [7, 11) is 0. The van der Waals surface area contributed by atoms with Crippen molar-refractivity contribution < 1.29 is 0 Å². The highest BCUT2D eigenvalue weighted by Gasteiger charge is 2.35. The van der Waals surface area contributed by atoms with Crippen molar-refractivity contribution in [2.45, 2.75) is 40.0 Å². The fourth-order valence-electron chi connectivity index (χ4n) is 8.23. The Labute approximate surface area is 322 Å². The fourth-order valence-corrected chi connectivity index (χ4v) is 8.23. The first kappa shape index (κ1) is 36.5. The van der Waals surface area contributed by atoms with Crippen molar-refractivity contribution >= 4 is 22.8 Å². The largest absolute Gasteiger partial charge is 0.238 e. The van der Waals surface area contributed by atoms with Crippen molar-refractivity contribution in [2.24, 2.45) is 33.7 Å². The molecule has 2 nitrogen and oxygen atoms in total. The van der Waals surface area contributed by atoms with Crippen molar-refractivity contribution in [2.75, 3.05) is 0 Å². The van der Waals surface area contributed by atoms with Gasteiger partial charge in [0.25, 0.3) is 0 Å². The average molecular weight is 703 g/mol. The van der Waals surface area contributed by atoms with E-state index in [0.717, 1.165) is 47.6 Å². The molecular weight excluding hydrogens is 653 g/mol. The highest BCUT2D eigenvalue weighted by atomic mass is 14.9. The van der Waals surface area contributed by atoms with E-state index in [1.807, 2.05) is 24.3 Å². The number of benzene rings is 4. The molecule has 0 N–H and O–H groups in total. The molecule has 7 rings (SSSR count). The van der Waals surface area contributed by atoms with Crippen LogP contribution in [0.5, 0.6) is 0 Å². The Balaban J connectivity index is 1.16. The molecule has 2 heteroatoms. The summed E-state index contributed by atoms with van der Waals surface area (Å²) in [5.74, 6) is 2.11. The van der Waals surface area contributed by atoms with E-state index >= 15 is 0 Å². The van der Waals surface area contributed by atoms with E-state index in [4.69, 9.17) is 9.98 Å². The average Bonchev–Trinajstić information content (AvgIpc) is 3.42. The molecule has 0 bridgehead atoms. The second-order valence-electron chi connectivity index (χ2n) is 14.6. The zero-order valence-electron chi connectivity index (χ0n) is 31.8. The summed E-state index contributed by atoms with van der Waals surface area (Å²) in [6.45, 7) is 10.9. The van der Waals surface area contributed by atoms with E-state index in [1.165, 1.54) is 33.4 Å². The van der Waals surface area contributed by atoms with Crippen LogP contribution < -0.4 is 0 Å². The van der Waals surface area contributed by atoms with E-state index in [2.05, 4.69) is 179 Å². The number of hydrogen-bond donors (Lipinski definition) is 0. The van der Waals surface area contributed by atoms with Gasteiger partial charge in [0, 0.05) is 34.6 Å². The first-order chi connectivity index (χ1) is 26.5. The van der Waals surface area contributed by atoms with Crippen LogP contribution in [0.15, 0.2) is 209 Å². The number of allylic oxidation sites excluding steroid dienone is 14. The first-order valence-electron chi connectivity index (χ1n) is 19.4. The number of hydrogen-bond acceptors (Lipinski definition) is 1. The molecule has 0 spiro atoms. The minimum Gasteiger partial charge on any atom is -0.238 e. The van der Waals surface area contributed by atoms with Crippen LogP contribution in [-0.4, -0.2) is 11.5 Å². The lowest BCUT2D eigenvalue weighted by molar-refractivity contribution is 0.469. The molecule has 0 heterocycles. The van der Waals surface area contributed by atoms with Crippen molar-refractivity contribution in [3.8, 4) is 11.1 Å². The van der Waals surface area contributed by atoms with Gasteiger partial charge in [-0.1, -0.05) is 200 Å². The van der Waals surface area contributed by atoms with E-state index in [1.54, 1.807) is 5.57 Å². The third kappa shape index (κ3) is 8.35. The van der Waals surface area contributed by atoms with Gasteiger partial charge in [-0.05, 0) is 67.4 Å². The molecule has 0 aliphatic heterocycles. The molecule has 4 unspecified atom stereocenters. The summed E-state index contributed by atoms with van der Waals surface area (Å²) in [6.07, 6.45) is 25.5. The Morgan fingerprint density at radius 1 is 0.704 bits per heavy atom. The molecule has 4 atom stereocenters. The fraction of sp³-hybridized carbons (Fsp3) is 0.192. The standard InChI is InChI=1S/C52H50N2/c1-5-18-49(44-33-31-42(32-34-44)41-21-9-6-10-22-41)54-52(46-25-13-8-14-26-46)53-39(4)40-29-35-45(36-30-40)50-37(2)20-17-28-48(50)51-38(3)19-15-16-27-47(51)43-23-11-7-12-24-43/h5-28,31-35,37,40,50-51H,1,29-30,36H2,2-4H3/b49-18+,53-39+,54-52-. The molecule has 4 aromatic rings. The topological polar surface area (TPSA) is 24.7 Å². The lowest BCUT2D eigenvalue weighted by atomic mass is 9.66. The Bertz CT molecular complexity index is 2220. The Morgan fingerprint density at radius 3 is 2.02 bits per heavy atom. The van der Waals surface area contributed by atoms with E-state index in [9.17, 15) is 0 Å². The molecule has 0 saturated carbocycles. The van der Waals surface area contributed by atoms with Gasteiger partial charge in [-0.15, -0.1) is 0 Å². The van der Waals surface area contributed by atoms with Gasteiger partial charge in [-0.25, -0.2) is 9.98 Å². The molecule has 3 aliphatic rings. The van der Waals surface area contributed by atoms with Gasteiger partial charge < -0.3 is 0 Å². The van der Waals surface area contributed by atoms with Gasteiger partial charge in [0.15, 0.2) is 5.84 Å². The highest BCUT2D eigenvalue weighted by molar-refractivity contribution is 6.09. The predicted octanol–water partition coefficient (Wildman–Crippen LogP) is 13.5. The van der Waals surface area contributed by atoms with Crippen LogP contribution in [0.4, 0.5) is 0 Å². The molecule has 0 aromatic heterocycles. The summed E-state index contributed by atoms with van der Waals surface area (Å²) in [5, 5.41) is 0. The third-order valence-electron chi connectivity index (χ3n) is 11.1. The minimum atomic E-state index is 0.235. The maximum Gasteiger partial charge on any atom is 0.159 e. The van der Waals surface area contributed by atoms with Gasteiger partial charge in [-0.3, -0.25) is 0 Å². The summed E-state index contributed by atoms with van der Waals surface area (Å²) in [4.78, 5) is 10.5. The molecule has 0 saturated heterocycles. The quantitative estimate of drug-likeness (QED) is 0.0718. The van der Waals surface area contributed by atoms with Gasteiger partial charge in [0.2, 0.25) is 0 Å². The van der Waals surface area contributed by atoms with E-state index < -0.39 is 0 Å². The smallest absolute Gasteiger partial charge is 0.159 e. The first-order valence-corrected chi connectivity index (χ1v) is 19.4. The zero-order valence-corrected chi connectivity index (χ0v) is 31.8. The number of nitrogens with zero attached hydrogens (tertiary/aromatic N) is 2. The lowest BCUT2D eigenvalue weighted by Gasteiger charge is -2.38. The summed E-state index contributed by atoms with van der Waals surface area (Å²) in [5.41, 5.74) is 13.5. The zero-order chi connectivity index (χ0) is 37.3. The van der Waals surface area contributed by atoms with E-state index in [0.29, 0.717) is 17.8 Å². The third-order valence-corrected chi connectivity index (χ3v) is 11.1. The second-order valence-corrected chi connectivity index (χ2v) is 14.6. The van der Waals surface area contributed by atoms with Crippen LogP contribution in [0.3, 0.4) is 0 Å². The second kappa shape index (κ2) is 17.3. The van der Waals surface area contributed by atoms with Crippen LogP contribution in [0.2, 0.25) is 0 Å². The van der Waals surface area contributed by atoms with Gasteiger partial charge >= 0.3 is 0 Å². The molecule has 54 heavy (non-hydrogen) atoms. The Hall–Kier alpha value is -5.86. The van der Waals surface area contributed by atoms with Crippen molar-refractivity contribution in [3.05, 3.63) is 216 Å². The van der Waals surface area contributed by atoms with Gasteiger partial charge in [-0.2, -0.15) is 0 Å². The minimum absolute atomic E-state index is 0.235. The summed E-state index contributed by atoms with van der Waals surface area (Å²) < 4.78 is 0. The van der Waals surface area contributed by atoms with Crippen LogP contribution >= 0.6 is 0 Å². The van der Waals surface area contributed by atoms with Crippen molar-refractivity contribution in [1.29, 1.82) is 0 Å². The molecular formula is C52H50N2. The van der Waals surface area contributed by atoms with Crippen LogP contribution in [0.25, 0.3) is 22.4 Å².